The van der Waals surface area contributed by atoms with Gasteiger partial charge in [-0.2, -0.15) is 0 Å². The van der Waals surface area contributed by atoms with Gasteiger partial charge in [0.1, 0.15) is 5.75 Å². The van der Waals surface area contributed by atoms with Crippen LogP contribution in [0, 0.1) is 5.92 Å². The Labute approximate surface area is 93.5 Å². The lowest BCUT2D eigenvalue weighted by Gasteiger charge is -2.19. The summed E-state index contributed by atoms with van der Waals surface area (Å²) in [6.45, 7) is 1.05. The van der Waals surface area contributed by atoms with Crippen molar-refractivity contribution in [3.05, 3.63) is 29.8 Å². The molecule has 1 aliphatic rings. The second-order valence-corrected chi connectivity index (χ2v) is 4.00. The maximum absolute atomic E-state index is 11.3. The molecule has 86 valence electrons. The molecule has 0 radical (unpaired) electrons. The van der Waals surface area contributed by atoms with E-state index in [1.54, 1.807) is 18.2 Å². The number of phenols is 1. The Kier molecular flexibility index (Phi) is 3.10. The van der Waals surface area contributed by atoms with Gasteiger partial charge in [0.2, 0.25) is 0 Å². The fourth-order valence-electron chi connectivity index (χ4n) is 2.15. The van der Waals surface area contributed by atoms with Crippen LogP contribution in [0.5, 0.6) is 5.75 Å². The van der Waals surface area contributed by atoms with Gasteiger partial charge in [0.15, 0.2) is 0 Å². The number of para-hydroxylation sites is 1. The lowest BCUT2D eigenvalue weighted by molar-refractivity contribution is -0.140. The van der Waals surface area contributed by atoms with Crippen LogP contribution in [0.4, 0.5) is 0 Å². The molecule has 4 nitrogen and oxygen atoms in total. The summed E-state index contributed by atoms with van der Waals surface area (Å²) in [6, 6.07) is 6.59. The highest BCUT2D eigenvalue weighted by Crippen LogP contribution is 2.35. The SMILES string of the molecule is O=C(O)C(c1ccccc1O)C1CCOC1. The molecule has 1 fully saturated rings. The number of hydrogen-bond donors (Lipinski definition) is 2. The summed E-state index contributed by atoms with van der Waals surface area (Å²) in [6.07, 6.45) is 0.727. The van der Waals surface area contributed by atoms with Gasteiger partial charge in [0.25, 0.3) is 0 Å². The van der Waals surface area contributed by atoms with Crippen LogP contribution in [0.25, 0.3) is 0 Å². The molecule has 0 spiro atoms. The van der Waals surface area contributed by atoms with E-state index in [-0.39, 0.29) is 11.7 Å². The molecule has 1 aliphatic heterocycles. The molecule has 2 rings (SSSR count). The normalized spacial score (nSPS) is 21.9. The van der Waals surface area contributed by atoms with E-state index in [9.17, 15) is 15.0 Å². The molecule has 2 atom stereocenters. The number of phenolic OH excluding ortho intramolecular Hbond substituents is 1. The van der Waals surface area contributed by atoms with Crippen LogP contribution in [0.15, 0.2) is 24.3 Å². The average molecular weight is 222 g/mol. The summed E-state index contributed by atoms with van der Waals surface area (Å²) < 4.78 is 5.20. The molecule has 0 aromatic heterocycles. The Morgan fingerprint density at radius 1 is 1.44 bits per heavy atom. The summed E-state index contributed by atoms with van der Waals surface area (Å²) in [7, 11) is 0. The van der Waals surface area contributed by atoms with E-state index in [2.05, 4.69) is 0 Å². The molecule has 16 heavy (non-hydrogen) atoms. The predicted octanol–water partition coefficient (Wildman–Crippen LogP) is 1.60. The van der Waals surface area contributed by atoms with Crippen LogP contribution in [-0.2, 0) is 9.53 Å². The summed E-state index contributed by atoms with van der Waals surface area (Å²) in [5.41, 5.74) is 0.477. The van der Waals surface area contributed by atoms with Gasteiger partial charge < -0.3 is 14.9 Å². The molecule has 0 amide bonds. The zero-order valence-electron chi connectivity index (χ0n) is 8.80. The number of carbonyl (C=O) groups is 1. The molecule has 2 unspecified atom stereocenters. The third-order valence-electron chi connectivity index (χ3n) is 2.97. The minimum absolute atomic E-state index is 0.0433. The molecule has 1 aromatic rings. The Bertz CT molecular complexity index is 382. The molecular formula is C12H14O4. The van der Waals surface area contributed by atoms with E-state index in [1.807, 2.05) is 0 Å². The summed E-state index contributed by atoms with van der Waals surface area (Å²) in [5.74, 6) is -1.59. The Hall–Kier alpha value is -1.55. The van der Waals surface area contributed by atoms with E-state index in [1.165, 1.54) is 6.07 Å². The van der Waals surface area contributed by atoms with Crippen LogP contribution in [-0.4, -0.2) is 29.4 Å². The highest BCUT2D eigenvalue weighted by molar-refractivity contribution is 5.77. The van der Waals surface area contributed by atoms with Crippen LogP contribution in [0.2, 0.25) is 0 Å². The zero-order chi connectivity index (χ0) is 11.5. The molecule has 4 heteroatoms. The van der Waals surface area contributed by atoms with Gasteiger partial charge in [-0.05, 0) is 12.5 Å². The van der Waals surface area contributed by atoms with E-state index in [0.29, 0.717) is 18.8 Å². The zero-order valence-corrected chi connectivity index (χ0v) is 8.80. The van der Waals surface area contributed by atoms with Gasteiger partial charge in [0.05, 0.1) is 12.5 Å². The standard InChI is InChI=1S/C12H14O4/c13-10-4-2-1-3-9(10)11(12(14)15)8-5-6-16-7-8/h1-4,8,11,13H,5-7H2,(H,14,15). The van der Waals surface area contributed by atoms with Crippen molar-refractivity contribution in [1.29, 1.82) is 0 Å². The van der Waals surface area contributed by atoms with Crippen molar-refractivity contribution >= 4 is 5.97 Å². The largest absolute Gasteiger partial charge is 0.508 e. The summed E-state index contributed by atoms with van der Waals surface area (Å²) in [5, 5.41) is 18.9. The third kappa shape index (κ3) is 2.02. The first kappa shape index (κ1) is 11.0. The van der Waals surface area contributed by atoms with Gasteiger partial charge in [-0.3, -0.25) is 4.79 Å². The Morgan fingerprint density at radius 3 is 2.75 bits per heavy atom. The number of benzene rings is 1. The number of hydrogen-bond acceptors (Lipinski definition) is 3. The number of aliphatic carboxylic acids is 1. The minimum atomic E-state index is -0.906. The van der Waals surface area contributed by atoms with Gasteiger partial charge in [-0.25, -0.2) is 0 Å². The first-order valence-corrected chi connectivity index (χ1v) is 5.28. The van der Waals surface area contributed by atoms with Crippen molar-refractivity contribution in [3.8, 4) is 5.75 Å². The summed E-state index contributed by atoms with van der Waals surface area (Å²) >= 11 is 0. The van der Waals surface area contributed by atoms with E-state index < -0.39 is 11.9 Å². The minimum Gasteiger partial charge on any atom is -0.508 e. The predicted molar refractivity (Wildman–Crippen MR) is 57.4 cm³/mol. The Morgan fingerprint density at radius 2 is 2.19 bits per heavy atom. The first-order valence-electron chi connectivity index (χ1n) is 5.28. The highest BCUT2D eigenvalue weighted by Gasteiger charge is 2.34. The van der Waals surface area contributed by atoms with Crippen LogP contribution in [0.1, 0.15) is 17.9 Å². The molecule has 1 aromatic carbocycles. The molecule has 1 saturated heterocycles. The lowest BCUT2D eigenvalue weighted by atomic mass is 9.85. The highest BCUT2D eigenvalue weighted by atomic mass is 16.5. The van der Waals surface area contributed by atoms with Crippen molar-refractivity contribution in [2.75, 3.05) is 13.2 Å². The van der Waals surface area contributed by atoms with Crippen LogP contribution < -0.4 is 0 Å². The number of carboxylic acids is 1. The average Bonchev–Trinajstić information content (AvgIpc) is 2.74. The Balaban J connectivity index is 2.32. The maximum Gasteiger partial charge on any atom is 0.311 e. The lowest BCUT2D eigenvalue weighted by Crippen LogP contribution is -2.21. The van der Waals surface area contributed by atoms with Crippen molar-refractivity contribution in [2.24, 2.45) is 5.92 Å². The molecule has 0 aliphatic carbocycles. The maximum atomic E-state index is 11.3. The molecule has 1 heterocycles. The topological polar surface area (TPSA) is 66.8 Å². The van der Waals surface area contributed by atoms with Crippen molar-refractivity contribution < 1.29 is 19.7 Å². The smallest absolute Gasteiger partial charge is 0.311 e. The number of carboxylic acid groups (broad SMARTS) is 1. The molecule has 2 N–H and O–H groups in total. The first-order chi connectivity index (χ1) is 7.70. The van der Waals surface area contributed by atoms with E-state index in [4.69, 9.17) is 4.74 Å². The number of rotatable bonds is 3. The van der Waals surface area contributed by atoms with Crippen molar-refractivity contribution in [1.82, 2.24) is 0 Å². The van der Waals surface area contributed by atoms with Gasteiger partial charge in [0, 0.05) is 18.1 Å². The number of aromatic hydroxyl groups is 1. The second kappa shape index (κ2) is 4.53. The molecular weight excluding hydrogens is 208 g/mol. The fraction of sp³-hybridized carbons (Fsp3) is 0.417. The van der Waals surface area contributed by atoms with E-state index >= 15 is 0 Å². The molecule has 0 saturated carbocycles. The summed E-state index contributed by atoms with van der Waals surface area (Å²) in [4.78, 5) is 11.3. The molecule has 0 bridgehead atoms. The quantitative estimate of drug-likeness (QED) is 0.815. The fourth-order valence-corrected chi connectivity index (χ4v) is 2.15. The second-order valence-electron chi connectivity index (χ2n) is 4.00. The monoisotopic (exact) mass is 222 g/mol. The van der Waals surface area contributed by atoms with Crippen LogP contribution in [0.3, 0.4) is 0 Å². The van der Waals surface area contributed by atoms with E-state index in [0.717, 1.165) is 6.42 Å². The van der Waals surface area contributed by atoms with Gasteiger partial charge in [-0.15, -0.1) is 0 Å². The van der Waals surface area contributed by atoms with Crippen molar-refractivity contribution in [2.45, 2.75) is 12.3 Å². The van der Waals surface area contributed by atoms with Crippen LogP contribution >= 0.6 is 0 Å². The third-order valence-corrected chi connectivity index (χ3v) is 2.97. The number of ether oxygens (including phenoxy) is 1. The van der Waals surface area contributed by atoms with Gasteiger partial charge in [-0.1, -0.05) is 18.2 Å². The van der Waals surface area contributed by atoms with Crippen molar-refractivity contribution in [3.63, 3.8) is 0 Å². The van der Waals surface area contributed by atoms with Gasteiger partial charge >= 0.3 is 5.97 Å².